The smallest absolute Gasteiger partial charge is 0.335 e. The number of carboxylic acid groups (broad SMARTS) is 1. The van der Waals surface area contributed by atoms with E-state index in [1.54, 1.807) is 24.3 Å². The number of benzene rings is 2. The highest BCUT2D eigenvalue weighted by molar-refractivity contribution is 6.43. The van der Waals surface area contributed by atoms with Gasteiger partial charge in [-0.25, -0.2) is 9.59 Å². The van der Waals surface area contributed by atoms with Crippen LogP contribution in [0.5, 0.6) is 0 Å². The van der Waals surface area contributed by atoms with E-state index in [-0.39, 0.29) is 17.7 Å². The Kier molecular flexibility index (Phi) is 5.49. The second-order valence-electron chi connectivity index (χ2n) is 4.70. The highest BCUT2D eigenvalue weighted by Gasteiger charge is 2.26. The maximum atomic E-state index is 12.1. The minimum Gasteiger partial charge on any atom is -0.478 e. The van der Waals surface area contributed by atoms with Gasteiger partial charge >= 0.3 is 11.9 Å². The van der Waals surface area contributed by atoms with Crippen LogP contribution in [-0.2, 0) is 16.1 Å². The molecule has 2 rings (SSSR count). The molecule has 2 aromatic carbocycles. The Morgan fingerprint density at radius 1 is 0.957 bits per heavy atom. The Labute approximate surface area is 137 Å². The van der Waals surface area contributed by atoms with Crippen molar-refractivity contribution in [3.63, 3.8) is 0 Å². The van der Waals surface area contributed by atoms with Crippen molar-refractivity contribution in [2.24, 2.45) is 0 Å². The van der Waals surface area contributed by atoms with Crippen LogP contribution in [0.2, 0.25) is 0 Å². The quantitative estimate of drug-likeness (QED) is 0.381. The molecule has 0 aliphatic carbocycles. The lowest BCUT2D eigenvalue weighted by atomic mass is 10.1. The van der Waals surface area contributed by atoms with E-state index in [2.05, 4.69) is 0 Å². The molecule has 0 aromatic heterocycles. The molecule has 6 heteroatoms. The Morgan fingerprint density at radius 3 is 2.09 bits per heavy atom. The minimum absolute atomic E-state index is 0.0219. The van der Waals surface area contributed by atoms with Crippen LogP contribution in [0.15, 0.2) is 54.6 Å². The number of ketones is 1. The van der Waals surface area contributed by atoms with Crippen molar-refractivity contribution >= 4 is 29.3 Å². The van der Waals surface area contributed by atoms with E-state index in [0.717, 1.165) is 5.56 Å². The predicted octanol–water partition coefficient (Wildman–Crippen LogP) is 2.92. The Hall–Kier alpha value is -2.66. The molecule has 1 atom stereocenters. The third kappa shape index (κ3) is 4.40. The van der Waals surface area contributed by atoms with Gasteiger partial charge in [-0.15, -0.1) is 11.6 Å². The molecule has 23 heavy (non-hydrogen) atoms. The maximum Gasteiger partial charge on any atom is 0.335 e. The zero-order valence-corrected chi connectivity index (χ0v) is 12.7. The molecule has 2 aromatic rings. The molecule has 0 aliphatic rings. The number of halogens is 1. The number of carbonyl (C=O) groups is 3. The lowest BCUT2D eigenvalue weighted by Gasteiger charge is -2.09. The third-order valence-electron chi connectivity index (χ3n) is 3.08. The first kappa shape index (κ1) is 16.7. The zero-order valence-electron chi connectivity index (χ0n) is 11.9. The zero-order chi connectivity index (χ0) is 16.8. The number of ether oxygens (including phenoxy) is 1. The summed E-state index contributed by atoms with van der Waals surface area (Å²) in [5.74, 6) is -2.59. The highest BCUT2D eigenvalue weighted by atomic mass is 35.5. The largest absolute Gasteiger partial charge is 0.478 e. The fraction of sp³-hybridized carbons (Fsp3) is 0.118. The normalized spacial score (nSPS) is 11.5. The van der Waals surface area contributed by atoms with Crippen LogP contribution in [0.3, 0.4) is 0 Å². The van der Waals surface area contributed by atoms with Crippen molar-refractivity contribution in [1.82, 2.24) is 0 Å². The fourth-order valence-corrected chi connectivity index (χ4v) is 2.02. The summed E-state index contributed by atoms with van der Waals surface area (Å²) in [7, 11) is 0. The second-order valence-corrected chi connectivity index (χ2v) is 5.14. The summed E-state index contributed by atoms with van der Waals surface area (Å²) in [6.07, 6.45) is 0. The Balaban J connectivity index is 1.98. The van der Waals surface area contributed by atoms with Gasteiger partial charge in [0.25, 0.3) is 0 Å². The van der Waals surface area contributed by atoms with Crippen molar-refractivity contribution in [3.8, 4) is 0 Å². The number of esters is 1. The second kappa shape index (κ2) is 7.56. The first-order chi connectivity index (χ1) is 11.0. The summed E-state index contributed by atoms with van der Waals surface area (Å²) in [5.41, 5.74) is 0.967. The van der Waals surface area contributed by atoms with E-state index < -0.39 is 23.1 Å². The van der Waals surface area contributed by atoms with Gasteiger partial charge in [0, 0.05) is 5.56 Å². The molecular weight excluding hydrogens is 320 g/mol. The molecule has 0 fully saturated rings. The van der Waals surface area contributed by atoms with Crippen LogP contribution in [0.25, 0.3) is 0 Å². The van der Waals surface area contributed by atoms with Crippen LogP contribution in [0.4, 0.5) is 0 Å². The van der Waals surface area contributed by atoms with Crippen molar-refractivity contribution in [3.05, 3.63) is 71.3 Å². The molecule has 0 bridgehead atoms. The molecule has 118 valence electrons. The highest BCUT2D eigenvalue weighted by Crippen LogP contribution is 2.13. The third-order valence-corrected chi connectivity index (χ3v) is 3.45. The van der Waals surface area contributed by atoms with Gasteiger partial charge in [0.2, 0.25) is 0 Å². The number of aromatic carboxylic acids is 1. The van der Waals surface area contributed by atoms with Crippen LogP contribution >= 0.6 is 11.6 Å². The number of Topliss-reactive ketones (excluding diaryl/α,β-unsaturated/α-hetero) is 1. The van der Waals surface area contributed by atoms with E-state index in [1.165, 1.54) is 24.3 Å². The van der Waals surface area contributed by atoms with Crippen molar-refractivity contribution < 1.29 is 24.2 Å². The average molecular weight is 333 g/mol. The van der Waals surface area contributed by atoms with Crippen LogP contribution < -0.4 is 0 Å². The fourth-order valence-electron chi connectivity index (χ4n) is 1.83. The molecule has 0 amide bonds. The maximum absolute atomic E-state index is 12.1. The van der Waals surface area contributed by atoms with Crippen molar-refractivity contribution in [1.29, 1.82) is 0 Å². The molecule has 0 spiro atoms. The summed E-state index contributed by atoms with van der Waals surface area (Å²) in [6.45, 7) is 0.0219. The topological polar surface area (TPSA) is 80.7 Å². The lowest BCUT2D eigenvalue weighted by Crippen LogP contribution is -2.26. The molecule has 0 aliphatic heterocycles. The molecule has 1 unspecified atom stereocenters. The Morgan fingerprint density at radius 2 is 1.52 bits per heavy atom. The van der Waals surface area contributed by atoms with Crippen LogP contribution in [0.1, 0.15) is 26.3 Å². The lowest BCUT2D eigenvalue weighted by molar-refractivity contribution is -0.143. The van der Waals surface area contributed by atoms with Crippen molar-refractivity contribution in [2.45, 2.75) is 12.0 Å². The molecule has 5 nitrogen and oxygen atoms in total. The van der Waals surface area contributed by atoms with Gasteiger partial charge < -0.3 is 9.84 Å². The van der Waals surface area contributed by atoms with E-state index in [4.69, 9.17) is 21.4 Å². The van der Waals surface area contributed by atoms with Gasteiger partial charge in [-0.3, -0.25) is 4.79 Å². The standard InChI is InChI=1S/C17H13ClO5/c18-14(17(22)23-10-11-4-2-1-3-5-11)15(19)12-6-8-13(9-7-12)16(20)21/h1-9,14H,10H2,(H,20,21). The van der Waals surface area contributed by atoms with Crippen LogP contribution in [-0.4, -0.2) is 28.2 Å². The molecule has 0 heterocycles. The average Bonchev–Trinajstić information content (AvgIpc) is 2.59. The molecule has 0 radical (unpaired) electrons. The summed E-state index contributed by atoms with van der Waals surface area (Å²) in [4.78, 5) is 34.7. The first-order valence-corrected chi connectivity index (χ1v) is 7.15. The molecule has 0 saturated carbocycles. The monoisotopic (exact) mass is 332 g/mol. The van der Waals surface area contributed by atoms with Crippen molar-refractivity contribution in [2.75, 3.05) is 0 Å². The summed E-state index contributed by atoms with van der Waals surface area (Å²) < 4.78 is 5.01. The number of hydrogen-bond donors (Lipinski definition) is 1. The van der Waals surface area contributed by atoms with Gasteiger partial charge in [-0.1, -0.05) is 42.5 Å². The van der Waals surface area contributed by atoms with E-state index in [0.29, 0.717) is 0 Å². The summed E-state index contributed by atoms with van der Waals surface area (Å²) in [5, 5.41) is 7.33. The van der Waals surface area contributed by atoms with Gasteiger partial charge in [0.15, 0.2) is 11.2 Å². The van der Waals surface area contributed by atoms with E-state index in [9.17, 15) is 14.4 Å². The van der Waals surface area contributed by atoms with Gasteiger partial charge in [0.1, 0.15) is 6.61 Å². The predicted molar refractivity (Wildman–Crippen MR) is 83.6 cm³/mol. The minimum atomic E-state index is -1.48. The van der Waals surface area contributed by atoms with Gasteiger partial charge in [0.05, 0.1) is 5.56 Å². The van der Waals surface area contributed by atoms with E-state index in [1.807, 2.05) is 6.07 Å². The van der Waals surface area contributed by atoms with Crippen LogP contribution in [0, 0.1) is 0 Å². The molecular formula is C17H13ClO5. The summed E-state index contributed by atoms with van der Waals surface area (Å²) in [6, 6.07) is 14.2. The molecule has 1 N–H and O–H groups in total. The number of carbonyl (C=O) groups excluding carboxylic acids is 2. The number of alkyl halides is 1. The van der Waals surface area contributed by atoms with E-state index >= 15 is 0 Å². The SMILES string of the molecule is O=C(O)c1ccc(C(=O)C(Cl)C(=O)OCc2ccccc2)cc1. The van der Waals surface area contributed by atoms with Gasteiger partial charge in [-0.05, 0) is 17.7 Å². The molecule has 0 saturated heterocycles. The summed E-state index contributed by atoms with van der Waals surface area (Å²) >= 11 is 5.84. The van der Waals surface area contributed by atoms with Gasteiger partial charge in [-0.2, -0.15) is 0 Å². The number of hydrogen-bond acceptors (Lipinski definition) is 4. The Bertz CT molecular complexity index is 710. The number of carboxylic acids is 1. The number of rotatable bonds is 6. The first-order valence-electron chi connectivity index (χ1n) is 6.71.